The summed E-state index contributed by atoms with van der Waals surface area (Å²) in [7, 11) is 2.07. The number of pyridine rings is 1. The van der Waals surface area contributed by atoms with Gasteiger partial charge >= 0.3 is 0 Å². The lowest BCUT2D eigenvalue weighted by Gasteiger charge is -2.32. The van der Waals surface area contributed by atoms with Crippen LogP contribution in [0.4, 0.5) is 5.69 Å². The highest BCUT2D eigenvalue weighted by atomic mass is 35.5. The summed E-state index contributed by atoms with van der Waals surface area (Å²) < 4.78 is 0. The Bertz CT molecular complexity index is 714. The van der Waals surface area contributed by atoms with Crippen molar-refractivity contribution in [3.63, 3.8) is 0 Å². The molecule has 3 rings (SSSR count). The van der Waals surface area contributed by atoms with Gasteiger partial charge in [0.2, 0.25) is 0 Å². The summed E-state index contributed by atoms with van der Waals surface area (Å²) in [5.41, 5.74) is 2.44. The SMILES string of the molecule is CN1CCN(C(=O)c2cncc(NCc3ccccc3Cl)c2)CC1. The van der Waals surface area contributed by atoms with Crippen molar-refractivity contribution in [1.29, 1.82) is 0 Å². The van der Waals surface area contributed by atoms with Crippen LogP contribution in [0, 0.1) is 0 Å². The van der Waals surface area contributed by atoms with Crippen molar-refractivity contribution in [3.05, 3.63) is 58.9 Å². The molecule has 1 aromatic heterocycles. The van der Waals surface area contributed by atoms with Crippen molar-refractivity contribution < 1.29 is 4.79 Å². The van der Waals surface area contributed by atoms with E-state index in [0.29, 0.717) is 12.1 Å². The molecule has 1 aliphatic rings. The highest BCUT2D eigenvalue weighted by Gasteiger charge is 2.20. The van der Waals surface area contributed by atoms with Gasteiger partial charge in [0.1, 0.15) is 0 Å². The maximum absolute atomic E-state index is 12.6. The number of carbonyl (C=O) groups excluding carboxylic acids is 1. The van der Waals surface area contributed by atoms with Gasteiger partial charge in [-0.25, -0.2) is 0 Å². The Morgan fingerprint density at radius 2 is 1.96 bits per heavy atom. The Balaban J connectivity index is 1.65. The number of nitrogens with zero attached hydrogens (tertiary/aromatic N) is 3. The number of aromatic nitrogens is 1. The fraction of sp³-hybridized carbons (Fsp3) is 0.333. The van der Waals surface area contributed by atoms with E-state index < -0.39 is 0 Å². The number of likely N-dealkylation sites (N-methyl/N-ethyl adjacent to an activating group) is 1. The van der Waals surface area contributed by atoms with Crippen molar-refractivity contribution in [2.45, 2.75) is 6.54 Å². The minimum Gasteiger partial charge on any atom is -0.380 e. The largest absolute Gasteiger partial charge is 0.380 e. The van der Waals surface area contributed by atoms with Gasteiger partial charge in [0, 0.05) is 50.1 Å². The van der Waals surface area contributed by atoms with Crippen LogP contribution in [-0.2, 0) is 6.54 Å². The molecule has 1 saturated heterocycles. The zero-order valence-corrected chi connectivity index (χ0v) is 14.5. The van der Waals surface area contributed by atoms with Gasteiger partial charge in [0.05, 0.1) is 11.3 Å². The lowest BCUT2D eigenvalue weighted by molar-refractivity contribution is 0.0663. The summed E-state index contributed by atoms with van der Waals surface area (Å²) in [6.45, 7) is 3.92. The van der Waals surface area contributed by atoms with Crippen molar-refractivity contribution in [2.75, 3.05) is 38.5 Å². The molecular formula is C18H21ClN4O. The molecule has 2 aromatic rings. The molecule has 126 valence electrons. The Labute approximate surface area is 147 Å². The molecule has 0 spiro atoms. The molecule has 5 nitrogen and oxygen atoms in total. The molecule has 0 atom stereocenters. The van der Waals surface area contributed by atoms with Crippen LogP contribution in [0.5, 0.6) is 0 Å². The maximum Gasteiger partial charge on any atom is 0.255 e. The minimum absolute atomic E-state index is 0.0389. The van der Waals surface area contributed by atoms with E-state index in [9.17, 15) is 4.79 Å². The van der Waals surface area contributed by atoms with E-state index in [1.165, 1.54) is 0 Å². The van der Waals surface area contributed by atoms with Crippen LogP contribution >= 0.6 is 11.6 Å². The third-order valence-electron chi connectivity index (χ3n) is 4.22. The first kappa shape index (κ1) is 16.7. The van der Waals surface area contributed by atoms with E-state index in [2.05, 4.69) is 22.2 Å². The van der Waals surface area contributed by atoms with E-state index >= 15 is 0 Å². The normalized spacial score (nSPS) is 15.3. The van der Waals surface area contributed by atoms with E-state index in [4.69, 9.17) is 11.6 Å². The first-order valence-corrected chi connectivity index (χ1v) is 8.41. The number of rotatable bonds is 4. The Morgan fingerprint density at radius 3 is 2.71 bits per heavy atom. The molecule has 6 heteroatoms. The molecule has 1 aromatic carbocycles. The number of piperazine rings is 1. The minimum atomic E-state index is 0.0389. The number of nitrogens with one attached hydrogen (secondary N) is 1. The molecule has 1 N–H and O–H groups in total. The lowest BCUT2D eigenvalue weighted by atomic mass is 10.2. The molecule has 0 unspecified atom stereocenters. The highest BCUT2D eigenvalue weighted by molar-refractivity contribution is 6.31. The predicted molar refractivity (Wildman–Crippen MR) is 96.4 cm³/mol. The van der Waals surface area contributed by atoms with Crippen LogP contribution in [0.25, 0.3) is 0 Å². The van der Waals surface area contributed by atoms with Crippen LogP contribution in [0.15, 0.2) is 42.7 Å². The smallest absolute Gasteiger partial charge is 0.255 e. The average molecular weight is 345 g/mol. The van der Waals surface area contributed by atoms with Crippen LogP contribution in [0.2, 0.25) is 5.02 Å². The van der Waals surface area contributed by atoms with Crippen molar-refractivity contribution in [2.24, 2.45) is 0 Å². The third-order valence-corrected chi connectivity index (χ3v) is 4.59. The Hall–Kier alpha value is -2.11. The number of hydrogen-bond donors (Lipinski definition) is 1. The lowest BCUT2D eigenvalue weighted by Crippen LogP contribution is -2.47. The van der Waals surface area contributed by atoms with Crippen LogP contribution in [-0.4, -0.2) is 53.9 Å². The molecule has 1 fully saturated rings. The topological polar surface area (TPSA) is 48.5 Å². The van der Waals surface area contributed by atoms with Crippen LogP contribution < -0.4 is 5.32 Å². The third kappa shape index (κ3) is 4.04. The van der Waals surface area contributed by atoms with Crippen molar-refractivity contribution in [3.8, 4) is 0 Å². The van der Waals surface area contributed by atoms with Gasteiger partial charge in [0.25, 0.3) is 5.91 Å². The molecule has 0 aliphatic carbocycles. The monoisotopic (exact) mass is 344 g/mol. The second kappa shape index (κ2) is 7.64. The van der Waals surface area contributed by atoms with Crippen LogP contribution in [0.3, 0.4) is 0 Å². The quantitative estimate of drug-likeness (QED) is 0.926. The fourth-order valence-electron chi connectivity index (χ4n) is 2.68. The predicted octanol–water partition coefficient (Wildman–Crippen LogP) is 2.73. The van der Waals surface area contributed by atoms with Gasteiger partial charge in [-0.05, 0) is 24.7 Å². The molecular weight excluding hydrogens is 324 g/mol. The first-order valence-electron chi connectivity index (χ1n) is 8.03. The Morgan fingerprint density at radius 1 is 1.21 bits per heavy atom. The van der Waals surface area contributed by atoms with Gasteiger partial charge in [0.15, 0.2) is 0 Å². The number of anilines is 1. The van der Waals surface area contributed by atoms with E-state index in [1.807, 2.05) is 35.2 Å². The van der Waals surface area contributed by atoms with E-state index in [0.717, 1.165) is 42.5 Å². The van der Waals surface area contributed by atoms with Gasteiger partial charge in [-0.1, -0.05) is 29.8 Å². The highest BCUT2D eigenvalue weighted by Crippen LogP contribution is 2.18. The number of benzene rings is 1. The standard InChI is InChI=1S/C18H21ClN4O/c1-22-6-8-23(9-7-22)18(24)15-10-16(13-20-11-15)21-12-14-4-2-3-5-17(14)19/h2-5,10-11,13,21H,6-9,12H2,1H3. The zero-order valence-electron chi connectivity index (χ0n) is 13.7. The molecule has 1 aliphatic heterocycles. The molecule has 1 amide bonds. The van der Waals surface area contributed by atoms with Crippen molar-refractivity contribution >= 4 is 23.2 Å². The summed E-state index contributed by atoms with van der Waals surface area (Å²) in [5, 5.41) is 4.01. The summed E-state index contributed by atoms with van der Waals surface area (Å²) in [6, 6.07) is 9.55. The first-order chi connectivity index (χ1) is 11.6. The summed E-state index contributed by atoms with van der Waals surface area (Å²) in [6.07, 6.45) is 3.35. The molecule has 0 saturated carbocycles. The summed E-state index contributed by atoms with van der Waals surface area (Å²) >= 11 is 6.17. The van der Waals surface area contributed by atoms with Gasteiger partial charge < -0.3 is 15.1 Å². The molecule has 0 radical (unpaired) electrons. The maximum atomic E-state index is 12.6. The molecule has 0 bridgehead atoms. The molecule has 2 heterocycles. The van der Waals surface area contributed by atoms with Gasteiger partial charge in [-0.3, -0.25) is 9.78 Å². The number of hydrogen-bond acceptors (Lipinski definition) is 4. The fourth-order valence-corrected chi connectivity index (χ4v) is 2.89. The van der Waals surface area contributed by atoms with E-state index in [-0.39, 0.29) is 5.91 Å². The number of halogens is 1. The average Bonchev–Trinajstić information content (AvgIpc) is 2.61. The van der Waals surface area contributed by atoms with Gasteiger partial charge in [-0.15, -0.1) is 0 Å². The second-order valence-electron chi connectivity index (χ2n) is 6.00. The van der Waals surface area contributed by atoms with Crippen molar-refractivity contribution in [1.82, 2.24) is 14.8 Å². The Kier molecular flexibility index (Phi) is 5.33. The summed E-state index contributed by atoms with van der Waals surface area (Å²) in [4.78, 5) is 20.9. The second-order valence-corrected chi connectivity index (χ2v) is 6.41. The zero-order chi connectivity index (χ0) is 16.9. The molecule has 24 heavy (non-hydrogen) atoms. The van der Waals surface area contributed by atoms with Gasteiger partial charge in [-0.2, -0.15) is 0 Å². The number of amides is 1. The summed E-state index contributed by atoms with van der Waals surface area (Å²) in [5.74, 6) is 0.0389. The number of carbonyl (C=O) groups is 1. The van der Waals surface area contributed by atoms with E-state index in [1.54, 1.807) is 12.4 Å². The van der Waals surface area contributed by atoms with Crippen LogP contribution in [0.1, 0.15) is 15.9 Å².